The number of fused-ring (bicyclic) bond motifs is 1. The number of nitriles is 1. The van der Waals surface area contributed by atoms with Gasteiger partial charge in [0.05, 0.1) is 0 Å². The molecule has 1 aromatic rings. The molecule has 2 aliphatic rings. The fraction of sp³-hybridized carbons (Fsp3) is 0.474. The fourth-order valence-corrected chi connectivity index (χ4v) is 3.44. The van der Waals surface area contributed by atoms with Crippen molar-refractivity contribution in [2.24, 2.45) is 5.92 Å². The van der Waals surface area contributed by atoms with Gasteiger partial charge in [0.15, 0.2) is 0 Å². The summed E-state index contributed by atoms with van der Waals surface area (Å²) in [6.07, 6.45) is 4.73. The molecule has 2 heterocycles. The number of nitrogens with zero attached hydrogens (tertiary/aromatic N) is 3. The van der Waals surface area contributed by atoms with Crippen LogP contribution in [-0.4, -0.2) is 29.9 Å². The van der Waals surface area contributed by atoms with Crippen LogP contribution in [0, 0.1) is 17.2 Å². The Morgan fingerprint density at radius 3 is 2.65 bits per heavy atom. The quantitative estimate of drug-likeness (QED) is 0.623. The molecular weight excluding hydrogens is 286 g/mol. The zero-order valence-electron chi connectivity index (χ0n) is 13.8. The minimum absolute atomic E-state index is 0.129. The van der Waals surface area contributed by atoms with Crippen LogP contribution in [0.1, 0.15) is 32.3 Å². The maximum absolute atomic E-state index is 12.7. The summed E-state index contributed by atoms with van der Waals surface area (Å²) in [4.78, 5) is 16.5. The molecular formula is C19H23N3O. The number of anilines is 1. The second-order valence-corrected chi connectivity index (χ2v) is 6.72. The van der Waals surface area contributed by atoms with Gasteiger partial charge < -0.3 is 9.80 Å². The molecule has 0 radical (unpaired) electrons. The molecule has 1 aromatic carbocycles. The number of likely N-dealkylation sites (tertiary alicyclic amines) is 1. The van der Waals surface area contributed by atoms with Gasteiger partial charge in [0.25, 0.3) is 5.91 Å². The molecule has 0 bridgehead atoms. The van der Waals surface area contributed by atoms with Gasteiger partial charge >= 0.3 is 0 Å². The van der Waals surface area contributed by atoms with Crippen LogP contribution in [0.3, 0.4) is 0 Å². The van der Waals surface area contributed by atoms with Gasteiger partial charge in [-0.1, -0.05) is 25.1 Å². The van der Waals surface area contributed by atoms with E-state index < -0.39 is 0 Å². The first-order valence-electron chi connectivity index (χ1n) is 8.37. The average molecular weight is 309 g/mol. The number of carbonyl (C=O) groups excluding carboxylic acids is 1. The number of hydrogen-bond donors (Lipinski definition) is 0. The van der Waals surface area contributed by atoms with Crippen molar-refractivity contribution in [3.05, 3.63) is 41.6 Å². The molecule has 1 unspecified atom stereocenters. The third kappa shape index (κ3) is 3.10. The van der Waals surface area contributed by atoms with E-state index in [1.165, 1.54) is 5.56 Å². The maximum atomic E-state index is 12.7. The second-order valence-electron chi connectivity index (χ2n) is 6.72. The molecule has 1 saturated heterocycles. The molecule has 1 amide bonds. The number of hydrogen-bond acceptors (Lipinski definition) is 3. The Bertz CT molecular complexity index is 665. The summed E-state index contributed by atoms with van der Waals surface area (Å²) in [5.41, 5.74) is 2.61. The highest BCUT2D eigenvalue weighted by Gasteiger charge is 2.28. The lowest BCUT2D eigenvalue weighted by atomic mass is 9.99. The first-order chi connectivity index (χ1) is 11.1. The summed E-state index contributed by atoms with van der Waals surface area (Å²) in [5, 5.41) is 9.48. The van der Waals surface area contributed by atoms with Crippen molar-refractivity contribution < 1.29 is 4.79 Å². The molecule has 23 heavy (non-hydrogen) atoms. The molecule has 0 spiro atoms. The summed E-state index contributed by atoms with van der Waals surface area (Å²) in [6.45, 7) is 5.85. The summed E-state index contributed by atoms with van der Waals surface area (Å²) >= 11 is 0. The number of carbonyl (C=O) groups is 1. The van der Waals surface area contributed by atoms with E-state index in [4.69, 9.17) is 0 Å². The van der Waals surface area contributed by atoms with E-state index in [0.717, 1.165) is 38.0 Å². The molecule has 2 aliphatic heterocycles. The monoisotopic (exact) mass is 309 g/mol. The number of piperidine rings is 1. The zero-order valence-corrected chi connectivity index (χ0v) is 13.8. The molecule has 3 rings (SSSR count). The predicted molar refractivity (Wildman–Crippen MR) is 90.8 cm³/mol. The van der Waals surface area contributed by atoms with Crippen molar-refractivity contribution in [1.29, 1.82) is 5.26 Å². The maximum Gasteiger partial charge on any atom is 0.266 e. The van der Waals surface area contributed by atoms with Gasteiger partial charge in [0, 0.05) is 31.0 Å². The van der Waals surface area contributed by atoms with Crippen LogP contribution in [0.2, 0.25) is 0 Å². The van der Waals surface area contributed by atoms with Crippen LogP contribution in [0.4, 0.5) is 5.69 Å². The van der Waals surface area contributed by atoms with Gasteiger partial charge in [0.1, 0.15) is 11.6 Å². The van der Waals surface area contributed by atoms with Crippen LogP contribution >= 0.6 is 0 Å². The van der Waals surface area contributed by atoms with Crippen molar-refractivity contribution in [3.8, 4) is 6.07 Å². The molecule has 0 aromatic heterocycles. The highest BCUT2D eigenvalue weighted by molar-refractivity contribution is 5.97. The van der Waals surface area contributed by atoms with Gasteiger partial charge in [-0.15, -0.1) is 0 Å². The third-order valence-corrected chi connectivity index (χ3v) is 4.95. The molecule has 4 heteroatoms. The van der Waals surface area contributed by atoms with E-state index >= 15 is 0 Å². The van der Waals surface area contributed by atoms with Gasteiger partial charge in [-0.3, -0.25) is 4.79 Å². The van der Waals surface area contributed by atoms with E-state index in [-0.39, 0.29) is 17.5 Å². The molecule has 0 aliphatic carbocycles. The highest BCUT2D eigenvalue weighted by atomic mass is 16.2. The predicted octanol–water partition coefficient (Wildman–Crippen LogP) is 3.10. The largest absolute Gasteiger partial charge is 0.343 e. The van der Waals surface area contributed by atoms with Gasteiger partial charge in [-0.2, -0.15) is 5.26 Å². The number of para-hydroxylation sites is 1. The fourth-order valence-electron chi connectivity index (χ4n) is 3.44. The zero-order chi connectivity index (χ0) is 16.4. The smallest absolute Gasteiger partial charge is 0.266 e. The average Bonchev–Trinajstić information content (AvgIpc) is 2.88. The van der Waals surface area contributed by atoms with Crippen LogP contribution in [0.15, 0.2) is 36.0 Å². The van der Waals surface area contributed by atoms with E-state index in [2.05, 4.69) is 36.9 Å². The number of amides is 1. The summed E-state index contributed by atoms with van der Waals surface area (Å²) in [7, 11) is 0. The number of rotatable bonds is 2. The Morgan fingerprint density at radius 1 is 1.26 bits per heavy atom. The van der Waals surface area contributed by atoms with Crippen molar-refractivity contribution in [3.63, 3.8) is 0 Å². The lowest BCUT2D eigenvalue weighted by Crippen LogP contribution is -2.39. The van der Waals surface area contributed by atoms with Crippen molar-refractivity contribution >= 4 is 11.6 Å². The Hall–Kier alpha value is -2.28. The highest BCUT2D eigenvalue weighted by Crippen LogP contribution is 2.32. The molecule has 1 fully saturated rings. The first-order valence-corrected chi connectivity index (χ1v) is 8.37. The van der Waals surface area contributed by atoms with E-state index in [9.17, 15) is 10.1 Å². The van der Waals surface area contributed by atoms with Gasteiger partial charge in [-0.05, 0) is 43.7 Å². The molecule has 4 nitrogen and oxygen atoms in total. The van der Waals surface area contributed by atoms with Crippen LogP contribution in [0.25, 0.3) is 0 Å². The molecule has 0 N–H and O–H groups in total. The Morgan fingerprint density at radius 2 is 1.96 bits per heavy atom. The first kappa shape index (κ1) is 15.6. The minimum Gasteiger partial charge on any atom is -0.343 e. The van der Waals surface area contributed by atoms with Crippen LogP contribution < -0.4 is 4.90 Å². The lowest BCUT2D eigenvalue weighted by molar-refractivity contribution is -0.128. The van der Waals surface area contributed by atoms with Crippen molar-refractivity contribution in [2.75, 3.05) is 18.0 Å². The standard InChI is InChI=1S/C19H23N3O/c1-14-7-9-21(10-8-14)19(23)17(12-20)13-22-15(2)11-16-5-3-4-6-18(16)22/h3-6,13-15H,7-11H2,1-2H3/b17-13-. The molecule has 120 valence electrons. The Kier molecular flexibility index (Phi) is 4.38. The van der Waals surface area contributed by atoms with Crippen molar-refractivity contribution in [2.45, 2.75) is 39.2 Å². The number of benzene rings is 1. The van der Waals surface area contributed by atoms with Crippen molar-refractivity contribution in [1.82, 2.24) is 4.90 Å². The van der Waals surface area contributed by atoms with Crippen LogP contribution in [0.5, 0.6) is 0 Å². The van der Waals surface area contributed by atoms with Gasteiger partial charge in [0.2, 0.25) is 0 Å². The summed E-state index contributed by atoms with van der Waals surface area (Å²) < 4.78 is 0. The summed E-state index contributed by atoms with van der Waals surface area (Å²) in [6, 6.07) is 10.6. The Labute approximate surface area is 138 Å². The summed E-state index contributed by atoms with van der Waals surface area (Å²) in [5.74, 6) is 0.537. The topological polar surface area (TPSA) is 47.3 Å². The van der Waals surface area contributed by atoms with E-state index in [0.29, 0.717) is 5.92 Å². The lowest BCUT2D eigenvalue weighted by Gasteiger charge is -2.30. The minimum atomic E-state index is -0.129. The van der Waals surface area contributed by atoms with E-state index in [1.54, 1.807) is 6.20 Å². The molecule has 0 saturated carbocycles. The normalized spacial score (nSPS) is 22.0. The second kappa shape index (κ2) is 6.45. The Balaban J connectivity index is 1.82. The van der Waals surface area contributed by atoms with Gasteiger partial charge in [-0.25, -0.2) is 0 Å². The van der Waals surface area contributed by atoms with E-state index in [1.807, 2.05) is 17.0 Å². The van der Waals surface area contributed by atoms with Crippen LogP contribution in [-0.2, 0) is 11.2 Å². The SMILES string of the molecule is CC1CCN(C(=O)/C(C#N)=C\N2c3ccccc3CC2C)CC1. The third-order valence-electron chi connectivity index (χ3n) is 4.95. The molecule has 1 atom stereocenters.